The van der Waals surface area contributed by atoms with Crippen LogP contribution in [0.5, 0.6) is 0 Å². The summed E-state index contributed by atoms with van der Waals surface area (Å²) in [6.07, 6.45) is 5.48. The predicted molar refractivity (Wildman–Crippen MR) is 107 cm³/mol. The summed E-state index contributed by atoms with van der Waals surface area (Å²) in [5, 5.41) is 4.62. The molecule has 0 bridgehead atoms. The number of hydrogen-bond donors (Lipinski definition) is 1. The summed E-state index contributed by atoms with van der Waals surface area (Å²) in [7, 11) is 1.35. The molecular formula is C20H30N2O4S. The molecule has 1 saturated heterocycles. The molecule has 1 N–H and O–H groups in total. The zero-order valence-corrected chi connectivity index (χ0v) is 17.0. The van der Waals surface area contributed by atoms with Crippen LogP contribution in [0.15, 0.2) is 30.3 Å². The molecule has 1 aliphatic rings. The standard InChI is InChI=1S/C20H30N2O4S/c1-25-20(24)18(12-14-27-2)22(26-15-17-9-6-13-21-17)19(23)11-10-16-7-4-3-5-8-16/h3-5,7-8,17-18,21H,6,9-15H2,1-2H3/t17-,18-/m0/s1. The van der Waals surface area contributed by atoms with Gasteiger partial charge < -0.3 is 10.1 Å². The molecular weight excluding hydrogens is 364 g/mol. The van der Waals surface area contributed by atoms with Gasteiger partial charge in [0, 0.05) is 12.5 Å². The number of amides is 1. The minimum absolute atomic E-state index is 0.187. The van der Waals surface area contributed by atoms with E-state index in [0.717, 1.165) is 30.7 Å². The highest BCUT2D eigenvalue weighted by Gasteiger charge is 2.32. The van der Waals surface area contributed by atoms with Gasteiger partial charge in [-0.2, -0.15) is 11.8 Å². The van der Waals surface area contributed by atoms with Gasteiger partial charge in [-0.1, -0.05) is 30.3 Å². The molecule has 1 aliphatic heterocycles. The summed E-state index contributed by atoms with van der Waals surface area (Å²) in [6.45, 7) is 1.34. The number of benzene rings is 1. The molecule has 27 heavy (non-hydrogen) atoms. The van der Waals surface area contributed by atoms with Crippen LogP contribution in [0.25, 0.3) is 0 Å². The van der Waals surface area contributed by atoms with E-state index in [2.05, 4.69) is 5.32 Å². The lowest BCUT2D eigenvalue weighted by Gasteiger charge is -2.30. The lowest BCUT2D eigenvalue weighted by Crippen LogP contribution is -2.47. The highest BCUT2D eigenvalue weighted by Crippen LogP contribution is 2.16. The maximum atomic E-state index is 12.9. The van der Waals surface area contributed by atoms with Crippen molar-refractivity contribution in [3.63, 3.8) is 0 Å². The van der Waals surface area contributed by atoms with E-state index in [1.807, 2.05) is 36.6 Å². The van der Waals surface area contributed by atoms with Gasteiger partial charge >= 0.3 is 5.97 Å². The van der Waals surface area contributed by atoms with E-state index in [4.69, 9.17) is 9.57 Å². The van der Waals surface area contributed by atoms with E-state index in [1.165, 1.54) is 12.2 Å². The summed E-state index contributed by atoms with van der Waals surface area (Å²) in [4.78, 5) is 31.1. The van der Waals surface area contributed by atoms with E-state index < -0.39 is 12.0 Å². The Hall–Kier alpha value is -1.57. The van der Waals surface area contributed by atoms with E-state index in [9.17, 15) is 9.59 Å². The van der Waals surface area contributed by atoms with Crippen LogP contribution >= 0.6 is 11.8 Å². The molecule has 0 spiro atoms. The van der Waals surface area contributed by atoms with Crippen LogP contribution < -0.4 is 5.32 Å². The smallest absolute Gasteiger partial charge is 0.331 e. The van der Waals surface area contributed by atoms with E-state index >= 15 is 0 Å². The average molecular weight is 395 g/mol. The second-order valence-electron chi connectivity index (χ2n) is 6.61. The number of hydroxylamine groups is 2. The zero-order valence-electron chi connectivity index (χ0n) is 16.2. The topological polar surface area (TPSA) is 67.9 Å². The first kappa shape index (κ1) is 21.7. The molecule has 0 unspecified atom stereocenters. The summed E-state index contributed by atoms with van der Waals surface area (Å²) < 4.78 is 4.94. The van der Waals surface area contributed by atoms with Crippen molar-refractivity contribution in [2.24, 2.45) is 0 Å². The molecule has 2 rings (SSSR count). The first-order chi connectivity index (χ1) is 13.2. The quantitative estimate of drug-likeness (QED) is 0.459. The van der Waals surface area contributed by atoms with Gasteiger partial charge in [-0.25, -0.2) is 9.86 Å². The van der Waals surface area contributed by atoms with Gasteiger partial charge in [-0.3, -0.25) is 9.63 Å². The molecule has 2 atom stereocenters. The lowest BCUT2D eigenvalue weighted by atomic mass is 10.1. The molecule has 150 valence electrons. The second kappa shape index (κ2) is 12.0. The molecule has 1 heterocycles. The monoisotopic (exact) mass is 394 g/mol. The number of nitrogens with one attached hydrogen (secondary N) is 1. The minimum Gasteiger partial charge on any atom is -0.467 e. The number of ether oxygens (including phenoxy) is 1. The van der Waals surface area contributed by atoms with Crippen LogP contribution in [0.1, 0.15) is 31.2 Å². The summed E-state index contributed by atoms with van der Waals surface area (Å²) in [6, 6.07) is 9.34. The average Bonchev–Trinajstić information content (AvgIpc) is 3.22. The van der Waals surface area contributed by atoms with Crippen LogP contribution in [0.2, 0.25) is 0 Å². The Morgan fingerprint density at radius 2 is 2.11 bits per heavy atom. The van der Waals surface area contributed by atoms with Gasteiger partial charge in [0.05, 0.1) is 13.7 Å². The summed E-state index contributed by atoms with van der Waals surface area (Å²) >= 11 is 1.63. The van der Waals surface area contributed by atoms with E-state index in [0.29, 0.717) is 19.4 Å². The molecule has 1 amide bonds. The van der Waals surface area contributed by atoms with Crippen molar-refractivity contribution in [3.8, 4) is 0 Å². The van der Waals surface area contributed by atoms with Crippen LogP contribution in [-0.2, 0) is 25.6 Å². The molecule has 1 aromatic carbocycles. The second-order valence-corrected chi connectivity index (χ2v) is 7.60. The highest BCUT2D eigenvalue weighted by molar-refractivity contribution is 7.98. The fraction of sp³-hybridized carbons (Fsp3) is 0.600. The third kappa shape index (κ3) is 7.16. The third-order valence-electron chi connectivity index (χ3n) is 4.65. The maximum Gasteiger partial charge on any atom is 0.331 e. The zero-order chi connectivity index (χ0) is 19.5. The fourth-order valence-corrected chi connectivity index (χ4v) is 3.57. The number of carbonyl (C=O) groups excluding carboxylic acids is 2. The highest BCUT2D eigenvalue weighted by atomic mass is 32.2. The number of nitrogens with zero attached hydrogens (tertiary/aromatic N) is 1. The minimum atomic E-state index is -0.716. The van der Waals surface area contributed by atoms with Crippen LogP contribution in [0, 0.1) is 0 Å². The Morgan fingerprint density at radius 1 is 1.33 bits per heavy atom. The number of hydrogen-bond acceptors (Lipinski definition) is 6. The van der Waals surface area contributed by atoms with Gasteiger partial charge in [-0.05, 0) is 49.8 Å². The van der Waals surface area contributed by atoms with Crippen molar-refractivity contribution in [1.29, 1.82) is 0 Å². The molecule has 7 heteroatoms. The number of rotatable bonds is 11. The van der Waals surface area contributed by atoms with Crippen molar-refractivity contribution < 1.29 is 19.2 Å². The summed E-state index contributed by atoms with van der Waals surface area (Å²) in [5.41, 5.74) is 1.09. The molecule has 0 aromatic heterocycles. The Bertz CT molecular complexity index is 579. The third-order valence-corrected chi connectivity index (χ3v) is 5.29. The number of aryl methyl sites for hydroxylation is 1. The number of esters is 1. The Balaban J connectivity index is 2.04. The Labute approximate surface area is 165 Å². The van der Waals surface area contributed by atoms with Crippen LogP contribution in [-0.4, -0.2) is 61.3 Å². The van der Waals surface area contributed by atoms with Crippen molar-refractivity contribution in [2.45, 2.75) is 44.2 Å². The Kier molecular flexibility index (Phi) is 9.66. The molecule has 0 radical (unpaired) electrons. The molecule has 1 aromatic rings. The maximum absolute atomic E-state index is 12.9. The van der Waals surface area contributed by atoms with Gasteiger partial charge in [0.15, 0.2) is 6.04 Å². The lowest BCUT2D eigenvalue weighted by molar-refractivity contribution is -0.210. The Morgan fingerprint density at radius 3 is 2.74 bits per heavy atom. The first-order valence-electron chi connectivity index (χ1n) is 9.44. The molecule has 0 saturated carbocycles. The van der Waals surface area contributed by atoms with Gasteiger partial charge in [-0.15, -0.1) is 0 Å². The number of carbonyl (C=O) groups is 2. The van der Waals surface area contributed by atoms with Crippen molar-refractivity contribution >= 4 is 23.6 Å². The van der Waals surface area contributed by atoms with Gasteiger partial charge in [0.25, 0.3) is 0 Å². The number of thioether (sulfide) groups is 1. The largest absolute Gasteiger partial charge is 0.467 e. The van der Waals surface area contributed by atoms with E-state index in [1.54, 1.807) is 11.8 Å². The fourth-order valence-electron chi connectivity index (χ4n) is 3.11. The molecule has 0 aliphatic carbocycles. The van der Waals surface area contributed by atoms with Gasteiger partial charge in [0.2, 0.25) is 5.91 Å². The van der Waals surface area contributed by atoms with Crippen LogP contribution in [0.3, 0.4) is 0 Å². The first-order valence-corrected chi connectivity index (χ1v) is 10.8. The summed E-state index contributed by atoms with van der Waals surface area (Å²) in [5.74, 6) is 0.123. The normalized spacial score (nSPS) is 17.5. The molecule has 1 fully saturated rings. The molecule has 6 nitrogen and oxygen atoms in total. The van der Waals surface area contributed by atoms with Gasteiger partial charge in [0.1, 0.15) is 0 Å². The number of methoxy groups -OCH3 is 1. The van der Waals surface area contributed by atoms with E-state index in [-0.39, 0.29) is 18.4 Å². The van der Waals surface area contributed by atoms with Crippen molar-refractivity contribution in [1.82, 2.24) is 10.4 Å². The van der Waals surface area contributed by atoms with Crippen LogP contribution in [0.4, 0.5) is 0 Å². The predicted octanol–water partition coefficient (Wildman–Crippen LogP) is 2.43. The SMILES string of the molecule is COC(=O)[C@H](CCSC)N(OC[C@@H]1CCCN1)C(=O)CCc1ccccc1. The van der Waals surface area contributed by atoms with Crippen molar-refractivity contribution in [3.05, 3.63) is 35.9 Å². The van der Waals surface area contributed by atoms with Crippen molar-refractivity contribution in [2.75, 3.05) is 32.3 Å².